The van der Waals surface area contributed by atoms with E-state index in [4.69, 9.17) is 0 Å². The Morgan fingerprint density at radius 1 is 1.27 bits per heavy atom. The van der Waals surface area contributed by atoms with Crippen LogP contribution >= 0.6 is 0 Å². The number of hydrogen-bond acceptors (Lipinski definition) is 0. The Hall–Kier alpha value is -1.18. The Morgan fingerprint density at radius 2 is 1.82 bits per heavy atom. The summed E-state index contributed by atoms with van der Waals surface area (Å²) in [6.45, 7) is 5.33. The van der Waals surface area contributed by atoms with Gasteiger partial charge < -0.3 is 10.8 Å². The van der Waals surface area contributed by atoms with Crippen molar-refractivity contribution in [2.24, 2.45) is 0 Å². The van der Waals surface area contributed by atoms with E-state index in [9.17, 15) is 10.8 Å². The molecule has 0 spiro atoms. The van der Waals surface area contributed by atoms with Crippen LogP contribution in [0.4, 0.5) is 0 Å². The molecule has 56 valence electrons. The Balaban J connectivity index is 3.74. The minimum absolute atomic E-state index is 0.188. The van der Waals surface area contributed by atoms with Gasteiger partial charge in [-0.3, -0.25) is 0 Å². The normalized spacial score (nSPS) is 10.1. The highest BCUT2D eigenvalue weighted by molar-refractivity contribution is 5.28. The molecule has 1 rings (SSSR count). The van der Waals surface area contributed by atoms with Crippen molar-refractivity contribution in [1.82, 2.24) is 0 Å². The summed E-state index contributed by atoms with van der Waals surface area (Å²) >= 11 is 0. The van der Waals surface area contributed by atoms with Gasteiger partial charge in [-0.2, -0.15) is 0 Å². The number of aryl methyl sites for hydroxylation is 2. The minimum atomic E-state index is 0.188. The molecule has 2 nitrogen and oxygen atoms in total. The first-order valence-corrected chi connectivity index (χ1v) is 3.52. The zero-order chi connectivity index (χ0) is 8.59. The lowest BCUT2D eigenvalue weighted by molar-refractivity contribution is 1.22. The summed E-state index contributed by atoms with van der Waals surface area (Å²) in [5.41, 5.74) is 2.16. The van der Waals surface area contributed by atoms with Crippen LogP contribution in [-0.4, -0.2) is 0 Å². The van der Waals surface area contributed by atoms with Crippen LogP contribution in [0.25, 0.3) is 10.8 Å². The molecule has 0 heterocycles. The standard InChI is InChI=1S/C9H10N2/c1-5-4-6(2)9(11)7(3)8(5)10/h4H,1-3H3. The fourth-order valence-electron chi connectivity index (χ4n) is 1.17. The zero-order valence-corrected chi connectivity index (χ0v) is 6.97. The van der Waals surface area contributed by atoms with Gasteiger partial charge >= 0.3 is 0 Å². The molecule has 2 heteroatoms. The highest BCUT2D eigenvalue weighted by Gasteiger charge is 2.07. The SMILES string of the molecule is Cc1c[c+](C)c(=[N-])[c+](C)c1=[N-]. The zero-order valence-electron chi connectivity index (χ0n) is 6.97. The van der Waals surface area contributed by atoms with Crippen LogP contribution in [0.5, 0.6) is 0 Å². The van der Waals surface area contributed by atoms with Gasteiger partial charge in [0.1, 0.15) is 16.7 Å². The maximum atomic E-state index is 9.35. The average Bonchev–Trinajstić information content (AvgIpc) is 1.97. The fourth-order valence-corrected chi connectivity index (χ4v) is 1.17. The van der Waals surface area contributed by atoms with Crippen LogP contribution in [0.2, 0.25) is 0 Å². The van der Waals surface area contributed by atoms with E-state index in [1.165, 1.54) is 0 Å². The Kier molecular flexibility index (Phi) is 1.77. The molecule has 0 aliphatic rings. The highest BCUT2D eigenvalue weighted by Crippen LogP contribution is 1.93. The predicted molar refractivity (Wildman–Crippen MR) is 44.8 cm³/mol. The lowest BCUT2D eigenvalue weighted by Gasteiger charge is -1.93. The molecule has 0 fully saturated rings. The molecule has 11 heavy (non-hydrogen) atoms. The van der Waals surface area contributed by atoms with Gasteiger partial charge in [0.05, 0.1) is 31.5 Å². The average molecular weight is 146 g/mol. The summed E-state index contributed by atoms with van der Waals surface area (Å²) < 4.78 is 0. The third-order valence-electron chi connectivity index (χ3n) is 1.89. The molecule has 1 aromatic rings. The van der Waals surface area contributed by atoms with E-state index in [2.05, 4.69) is 0 Å². The Bertz CT molecular complexity index is 345. The molecule has 0 atom stereocenters. The summed E-state index contributed by atoms with van der Waals surface area (Å²) in [7, 11) is 0. The quantitative estimate of drug-likeness (QED) is 0.490. The van der Waals surface area contributed by atoms with Crippen LogP contribution in [-0.2, 0) is 0 Å². The van der Waals surface area contributed by atoms with Crippen molar-refractivity contribution in [2.45, 2.75) is 20.8 Å². The molecule has 0 saturated carbocycles. The van der Waals surface area contributed by atoms with E-state index in [1.807, 2.05) is 13.8 Å². The first kappa shape index (κ1) is 7.92. The predicted octanol–water partition coefficient (Wildman–Crippen LogP) is 0.990. The third-order valence-corrected chi connectivity index (χ3v) is 1.89. The van der Waals surface area contributed by atoms with Crippen LogP contribution < -0.4 is 10.7 Å². The van der Waals surface area contributed by atoms with E-state index >= 15 is 0 Å². The Morgan fingerprint density at radius 3 is 2.36 bits per heavy atom. The van der Waals surface area contributed by atoms with E-state index in [1.54, 1.807) is 13.0 Å². The summed E-state index contributed by atoms with van der Waals surface area (Å²) in [5, 5.41) is 19.1. The van der Waals surface area contributed by atoms with Gasteiger partial charge in [0.25, 0.3) is 0 Å². The van der Waals surface area contributed by atoms with Gasteiger partial charge in [0.2, 0.25) is 0 Å². The van der Waals surface area contributed by atoms with Crippen molar-refractivity contribution >= 4 is 0 Å². The summed E-state index contributed by atoms with van der Waals surface area (Å²) in [5.74, 6) is 0. The van der Waals surface area contributed by atoms with Gasteiger partial charge in [0.15, 0.2) is 6.07 Å². The number of benzene rings is 1. The van der Waals surface area contributed by atoms with Crippen molar-refractivity contribution in [3.8, 4) is 0 Å². The van der Waals surface area contributed by atoms with Gasteiger partial charge in [-0.1, -0.05) is 0 Å². The minimum Gasteiger partial charge on any atom is -0.751 e. The molecular formula is C9H10N2. The van der Waals surface area contributed by atoms with Crippen LogP contribution in [0.3, 0.4) is 0 Å². The highest BCUT2D eigenvalue weighted by atomic mass is 14.4. The summed E-state index contributed by atoms with van der Waals surface area (Å²) in [6.07, 6.45) is 0. The van der Waals surface area contributed by atoms with E-state index in [0.29, 0.717) is 5.56 Å². The smallest absolute Gasteiger partial charge is 0.159 e. The van der Waals surface area contributed by atoms with Crippen LogP contribution in [0, 0.1) is 20.8 Å². The van der Waals surface area contributed by atoms with Gasteiger partial charge in [-0.05, 0) is 0 Å². The summed E-state index contributed by atoms with van der Waals surface area (Å²) in [4.78, 5) is 0. The number of rotatable bonds is 0. The maximum Gasteiger partial charge on any atom is 0.159 e. The van der Waals surface area contributed by atoms with Crippen molar-refractivity contribution in [1.29, 1.82) is 0 Å². The van der Waals surface area contributed by atoms with Gasteiger partial charge in [-0.25, -0.2) is 0 Å². The first-order valence-electron chi connectivity index (χ1n) is 3.52. The van der Waals surface area contributed by atoms with E-state index in [-0.39, 0.29) is 10.7 Å². The number of nitrogens with zero attached hydrogens (tertiary/aromatic N) is 2. The van der Waals surface area contributed by atoms with Crippen molar-refractivity contribution in [3.05, 3.63) is 44.3 Å². The number of hydrogen-bond donors (Lipinski definition) is 0. The summed E-state index contributed by atoms with van der Waals surface area (Å²) in [6, 6.07) is 1.76. The van der Waals surface area contributed by atoms with Crippen molar-refractivity contribution < 1.29 is 0 Å². The monoisotopic (exact) mass is 146 g/mol. The van der Waals surface area contributed by atoms with Crippen molar-refractivity contribution in [2.75, 3.05) is 0 Å². The lowest BCUT2D eigenvalue weighted by Crippen LogP contribution is -2.21. The van der Waals surface area contributed by atoms with Crippen LogP contribution in [0.15, 0.2) is 6.07 Å². The molecule has 0 saturated heterocycles. The van der Waals surface area contributed by atoms with Crippen molar-refractivity contribution in [3.63, 3.8) is 0 Å². The van der Waals surface area contributed by atoms with E-state index in [0.717, 1.165) is 11.1 Å². The molecule has 0 bridgehead atoms. The second-order valence-electron chi connectivity index (χ2n) is 2.83. The largest absolute Gasteiger partial charge is 0.751 e. The molecule has 0 aliphatic carbocycles. The molecule has 0 aromatic heterocycles. The molecule has 1 aromatic carbocycles. The second kappa shape index (κ2) is 2.46. The second-order valence-corrected chi connectivity index (χ2v) is 2.83. The van der Waals surface area contributed by atoms with Crippen LogP contribution in [0.1, 0.15) is 16.7 Å². The molecule has 0 unspecified atom stereocenters. The van der Waals surface area contributed by atoms with Gasteiger partial charge in [0, 0.05) is 0 Å². The molecule has 0 aliphatic heterocycles. The van der Waals surface area contributed by atoms with Gasteiger partial charge in [-0.15, -0.1) is 0 Å². The first-order chi connectivity index (χ1) is 5.04. The Labute approximate surface area is 65.9 Å². The molecular weight excluding hydrogens is 136 g/mol. The fraction of sp³-hybridized carbons (Fsp3) is 0.333. The third kappa shape index (κ3) is 1.16. The van der Waals surface area contributed by atoms with E-state index < -0.39 is 0 Å². The molecule has 0 amide bonds. The maximum absolute atomic E-state index is 9.35. The molecule has 0 N–H and O–H groups in total. The molecule has 0 radical (unpaired) electrons. The lowest BCUT2D eigenvalue weighted by atomic mass is 10.1. The topological polar surface area (TPSA) is 44.6 Å².